The van der Waals surface area contributed by atoms with E-state index >= 15 is 0 Å². The van der Waals surface area contributed by atoms with Gasteiger partial charge in [0.1, 0.15) is 0 Å². The lowest BCUT2D eigenvalue weighted by Gasteiger charge is -2.20. The summed E-state index contributed by atoms with van der Waals surface area (Å²) in [5.74, 6) is 0. The fourth-order valence-corrected chi connectivity index (χ4v) is 1.90. The Labute approximate surface area is 108 Å². The number of unbranched alkanes of at least 4 members (excludes halogenated alkanes) is 2. The molecule has 1 aromatic heterocycles. The van der Waals surface area contributed by atoms with Gasteiger partial charge >= 0.3 is 0 Å². The van der Waals surface area contributed by atoms with Crippen LogP contribution in [0.15, 0.2) is 17.1 Å². The van der Waals surface area contributed by atoms with Gasteiger partial charge in [-0.25, -0.2) is 4.68 Å². The smallest absolute Gasteiger partial charge is 0.268 e. The van der Waals surface area contributed by atoms with Crippen LogP contribution >= 0.6 is 0 Å². The lowest BCUT2D eigenvalue weighted by molar-refractivity contribution is 0.281. The summed E-state index contributed by atoms with van der Waals surface area (Å²) in [7, 11) is 0. The van der Waals surface area contributed by atoms with E-state index in [1.165, 1.54) is 4.68 Å². The van der Waals surface area contributed by atoms with Crippen molar-refractivity contribution in [3.05, 3.63) is 22.6 Å². The fourth-order valence-electron chi connectivity index (χ4n) is 1.90. The SMILES string of the molecule is CCN(CC)c1cnn(CCCCCO)c(=O)c1. The van der Waals surface area contributed by atoms with Crippen molar-refractivity contribution < 1.29 is 5.11 Å². The van der Waals surface area contributed by atoms with Gasteiger partial charge in [-0.05, 0) is 33.1 Å². The van der Waals surface area contributed by atoms with Gasteiger partial charge in [0.2, 0.25) is 0 Å². The number of nitrogens with zero attached hydrogens (tertiary/aromatic N) is 3. The largest absolute Gasteiger partial charge is 0.396 e. The van der Waals surface area contributed by atoms with E-state index in [4.69, 9.17) is 5.11 Å². The van der Waals surface area contributed by atoms with Crippen molar-refractivity contribution >= 4 is 5.69 Å². The van der Waals surface area contributed by atoms with E-state index in [0.29, 0.717) is 6.54 Å². The second-order valence-electron chi connectivity index (χ2n) is 4.23. The Bertz CT molecular complexity index is 399. The molecule has 0 unspecified atom stereocenters. The summed E-state index contributed by atoms with van der Waals surface area (Å²) in [6.07, 6.45) is 4.33. The van der Waals surface area contributed by atoms with Gasteiger partial charge in [0.05, 0.1) is 11.9 Å². The molecule has 5 nitrogen and oxygen atoms in total. The van der Waals surface area contributed by atoms with Crippen molar-refractivity contribution in [3.8, 4) is 0 Å². The minimum atomic E-state index is -0.0524. The van der Waals surface area contributed by atoms with Gasteiger partial charge in [-0.15, -0.1) is 0 Å². The molecule has 0 aliphatic carbocycles. The van der Waals surface area contributed by atoms with Crippen LogP contribution in [-0.2, 0) is 6.54 Å². The van der Waals surface area contributed by atoms with E-state index in [1.54, 1.807) is 12.3 Å². The van der Waals surface area contributed by atoms with Gasteiger partial charge in [0, 0.05) is 32.3 Å². The lowest BCUT2D eigenvalue weighted by atomic mass is 10.2. The zero-order chi connectivity index (χ0) is 13.4. The third-order valence-electron chi connectivity index (χ3n) is 3.01. The Kier molecular flexibility index (Phi) is 6.43. The number of aryl methyl sites for hydroxylation is 1. The lowest BCUT2D eigenvalue weighted by Crippen LogP contribution is -2.27. The molecule has 0 aliphatic rings. The molecule has 1 N–H and O–H groups in total. The maximum Gasteiger partial charge on any atom is 0.268 e. The maximum absolute atomic E-state index is 11.9. The Morgan fingerprint density at radius 1 is 1.28 bits per heavy atom. The highest BCUT2D eigenvalue weighted by Crippen LogP contribution is 2.08. The minimum Gasteiger partial charge on any atom is -0.396 e. The first-order valence-corrected chi connectivity index (χ1v) is 6.65. The molecule has 1 aromatic rings. The highest BCUT2D eigenvalue weighted by molar-refractivity contribution is 5.42. The monoisotopic (exact) mass is 253 g/mol. The van der Waals surface area contributed by atoms with Crippen LogP contribution in [0.25, 0.3) is 0 Å². The Morgan fingerprint density at radius 2 is 2.00 bits per heavy atom. The Hall–Kier alpha value is -1.36. The second-order valence-corrected chi connectivity index (χ2v) is 4.23. The Balaban J connectivity index is 2.65. The predicted molar refractivity (Wildman–Crippen MR) is 73.0 cm³/mol. The molecule has 1 rings (SSSR count). The van der Waals surface area contributed by atoms with Gasteiger partial charge in [-0.3, -0.25) is 4.79 Å². The first-order chi connectivity index (χ1) is 8.72. The van der Waals surface area contributed by atoms with Crippen LogP contribution in [0.4, 0.5) is 5.69 Å². The van der Waals surface area contributed by atoms with Crippen molar-refractivity contribution in [2.75, 3.05) is 24.6 Å². The van der Waals surface area contributed by atoms with E-state index < -0.39 is 0 Å². The predicted octanol–water partition coefficient (Wildman–Crippen LogP) is 1.25. The van der Waals surface area contributed by atoms with Gasteiger partial charge in [0.25, 0.3) is 5.56 Å². The first kappa shape index (κ1) is 14.7. The first-order valence-electron chi connectivity index (χ1n) is 6.65. The van der Waals surface area contributed by atoms with Crippen molar-refractivity contribution in [2.24, 2.45) is 0 Å². The molecular formula is C13H23N3O2. The summed E-state index contributed by atoms with van der Waals surface area (Å²) in [4.78, 5) is 14.0. The average Bonchev–Trinajstić information content (AvgIpc) is 2.38. The van der Waals surface area contributed by atoms with Gasteiger partial charge < -0.3 is 10.0 Å². The van der Waals surface area contributed by atoms with Crippen LogP contribution in [-0.4, -0.2) is 34.6 Å². The zero-order valence-corrected chi connectivity index (χ0v) is 11.3. The fraction of sp³-hybridized carbons (Fsp3) is 0.692. The standard InChI is InChI=1S/C13H23N3O2/c1-3-15(4-2)12-10-13(18)16(14-11-12)8-6-5-7-9-17/h10-11,17H,3-9H2,1-2H3. The summed E-state index contributed by atoms with van der Waals surface area (Å²) >= 11 is 0. The van der Waals surface area contributed by atoms with Crippen molar-refractivity contribution in [2.45, 2.75) is 39.7 Å². The van der Waals surface area contributed by atoms with E-state index in [-0.39, 0.29) is 12.2 Å². The number of hydrogen-bond acceptors (Lipinski definition) is 4. The molecule has 0 saturated carbocycles. The van der Waals surface area contributed by atoms with Crippen molar-refractivity contribution in [1.29, 1.82) is 0 Å². The van der Waals surface area contributed by atoms with Crippen LogP contribution in [0.2, 0.25) is 0 Å². The van der Waals surface area contributed by atoms with Gasteiger partial charge in [-0.1, -0.05) is 0 Å². The number of aliphatic hydroxyl groups excluding tert-OH is 1. The normalized spacial score (nSPS) is 10.6. The molecule has 0 fully saturated rings. The van der Waals surface area contributed by atoms with Crippen LogP contribution in [0.5, 0.6) is 0 Å². The molecule has 0 aromatic carbocycles. The summed E-state index contributed by atoms with van der Waals surface area (Å²) in [6.45, 7) is 6.70. The maximum atomic E-state index is 11.9. The summed E-state index contributed by atoms with van der Waals surface area (Å²) in [5, 5.41) is 12.9. The molecule has 1 heterocycles. The minimum absolute atomic E-state index is 0.0524. The summed E-state index contributed by atoms with van der Waals surface area (Å²) < 4.78 is 1.49. The van der Waals surface area contributed by atoms with E-state index in [0.717, 1.165) is 38.0 Å². The van der Waals surface area contributed by atoms with Gasteiger partial charge in [-0.2, -0.15) is 5.10 Å². The molecule has 0 spiro atoms. The highest BCUT2D eigenvalue weighted by atomic mass is 16.2. The molecule has 0 bridgehead atoms. The van der Waals surface area contributed by atoms with Crippen LogP contribution < -0.4 is 10.5 Å². The topological polar surface area (TPSA) is 58.4 Å². The van der Waals surface area contributed by atoms with Gasteiger partial charge in [0.15, 0.2) is 0 Å². The third-order valence-corrected chi connectivity index (χ3v) is 3.01. The summed E-state index contributed by atoms with van der Waals surface area (Å²) in [5.41, 5.74) is 0.833. The number of anilines is 1. The number of aliphatic hydroxyl groups is 1. The molecule has 0 saturated heterocycles. The Morgan fingerprint density at radius 3 is 2.56 bits per heavy atom. The number of aromatic nitrogens is 2. The zero-order valence-electron chi connectivity index (χ0n) is 11.3. The van der Waals surface area contributed by atoms with E-state index in [9.17, 15) is 4.79 Å². The molecule has 0 atom stereocenters. The molecule has 0 amide bonds. The third kappa shape index (κ3) is 4.14. The number of rotatable bonds is 8. The van der Waals surface area contributed by atoms with Crippen LogP contribution in [0, 0.1) is 0 Å². The van der Waals surface area contributed by atoms with Crippen molar-refractivity contribution in [3.63, 3.8) is 0 Å². The number of hydrogen-bond donors (Lipinski definition) is 1. The van der Waals surface area contributed by atoms with Crippen molar-refractivity contribution in [1.82, 2.24) is 9.78 Å². The summed E-state index contributed by atoms with van der Waals surface area (Å²) in [6, 6.07) is 1.64. The molecule has 0 radical (unpaired) electrons. The second kappa shape index (κ2) is 7.87. The van der Waals surface area contributed by atoms with Crippen LogP contribution in [0.3, 0.4) is 0 Å². The average molecular weight is 253 g/mol. The quantitative estimate of drug-likeness (QED) is 0.708. The van der Waals surface area contributed by atoms with Crippen LogP contribution in [0.1, 0.15) is 33.1 Å². The highest BCUT2D eigenvalue weighted by Gasteiger charge is 2.05. The molecule has 102 valence electrons. The van der Waals surface area contributed by atoms with E-state index in [2.05, 4.69) is 23.8 Å². The molecular weight excluding hydrogens is 230 g/mol. The molecule has 0 aliphatic heterocycles. The van der Waals surface area contributed by atoms with E-state index in [1.807, 2.05) is 0 Å². The molecule has 18 heavy (non-hydrogen) atoms. The molecule has 5 heteroatoms.